The third kappa shape index (κ3) is 2.51. The van der Waals surface area contributed by atoms with Gasteiger partial charge in [0.15, 0.2) is 0 Å². The third-order valence-electron chi connectivity index (χ3n) is 2.43. The second-order valence-electron chi connectivity index (χ2n) is 3.80. The molecule has 0 radical (unpaired) electrons. The SMILES string of the molecule is O=C1CN(C(=O)c2ccc(Br)c(O)c2)CC(=O)N1. The fourth-order valence-electron chi connectivity index (χ4n) is 1.61. The zero-order chi connectivity index (χ0) is 13.3. The van der Waals surface area contributed by atoms with Gasteiger partial charge in [-0.15, -0.1) is 0 Å². The van der Waals surface area contributed by atoms with E-state index in [4.69, 9.17) is 0 Å². The van der Waals surface area contributed by atoms with Crippen LogP contribution in [0.1, 0.15) is 10.4 Å². The highest BCUT2D eigenvalue weighted by Gasteiger charge is 2.27. The van der Waals surface area contributed by atoms with Crippen LogP contribution in [0.5, 0.6) is 5.75 Å². The van der Waals surface area contributed by atoms with Crippen molar-refractivity contribution in [3.63, 3.8) is 0 Å². The molecule has 1 aliphatic heterocycles. The molecule has 1 aromatic rings. The number of rotatable bonds is 1. The summed E-state index contributed by atoms with van der Waals surface area (Å²) in [5.41, 5.74) is 0.221. The molecule has 3 amide bonds. The molecule has 0 spiro atoms. The molecule has 1 aliphatic rings. The lowest BCUT2D eigenvalue weighted by molar-refractivity contribution is -0.135. The zero-order valence-corrected chi connectivity index (χ0v) is 10.7. The van der Waals surface area contributed by atoms with Crippen molar-refractivity contribution in [3.05, 3.63) is 28.2 Å². The van der Waals surface area contributed by atoms with Crippen molar-refractivity contribution in [3.8, 4) is 5.75 Å². The van der Waals surface area contributed by atoms with E-state index in [1.165, 1.54) is 18.2 Å². The first-order valence-electron chi connectivity index (χ1n) is 5.08. The Kier molecular flexibility index (Phi) is 3.33. The van der Waals surface area contributed by atoms with Gasteiger partial charge in [0.25, 0.3) is 5.91 Å². The van der Waals surface area contributed by atoms with Crippen LogP contribution >= 0.6 is 15.9 Å². The molecule has 1 aromatic carbocycles. The zero-order valence-electron chi connectivity index (χ0n) is 9.14. The van der Waals surface area contributed by atoms with Gasteiger partial charge in [0.2, 0.25) is 11.8 Å². The lowest BCUT2D eigenvalue weighted by Crippen LogP contribution is -2.53. The molecule has 2 rings (SSSR count). The maximum atomic E-state index is 12.0. The first-order chi connectivity index (χ1) is 8.47. The summed E-state index contributed by atoms with van der Waals surface area (Å²) in [6, 6.07) is 4.31. The van der Waals surface area contributed by atoms with Gasteiger partial charge in [-0.25, -0.2) is 0 Å². The number of aromatic hydroxyl groups is 1. The fourth-order valence-corrected chi connectivity index (χ4v) is 1.86. The lowest BCUT2D eigenvalue weighted by atomic mass is 10.1. The van der Waals surface area contributed by atoms with Crippen molar-refractivity contribution in [2.75, 3.05) is 13.1 Å². The van der Waals surface area contributed by atoms with Crippen LogP contribution in [0.2, 0.25) is 0 Å². The summed E-state index contributed by atoms with van der Waals surface area (Å²) in [5, 5.41) is 11.6. The van der Waals surface area contributed by atoms with Gasteiger partial charge < -0.3 is 10.0 Å². The predicted octanol–water partition coefficient (Wildman–Crippen LogP) is 0.253. The standard InChI is InChI=1S/C11H9BrN2O4/c12-7-2-1-6(3-8(7)15)11(18)14-4-9(16)13-10(17)5-14/h1-3,15H,4-5H2,(H,13,16,17). The van der Waals surface area contributed by atoms with Gasteiger partial charge in [-0.2, -0.15) is 0 Å². The van der Waals surface area contributed by atoms with Crippen molar-refractivity contribution >= 4 is 33.7 Å². The Balaban J connectivity index is 2.22. The average molecular weight is 313 g/mol. The van der Waals surface area contributed by atoms with Crippen molar-refractivity contribution < 1.29 is 19.5 Å². The molecule has 0 bridgehead atoms. The monoisotopic (exact) mass is 312 g/mol. The van der Waals surface area contributed by atoms with E-state index in [-0.39, 0.29) is 24.4 Å². The molecule has 2 N–H and O–H groups in total. The molecule has 6 nitrogen and oxygen atoms in total. The van der Waals surface area contributed by atoms with E-state index in [2.05, 4.69) is 21.2 Å². The number of halogens is 1. The highest BCUT2D eigenvalue weighted by molar-refractivity contribution is 9.10. The van der Waals surface area contributed by atoms with E-state index >= 15 is 0 Å². The number of benzene rings is 1. The Morgan fingerprint density at radius 2 is 1.89 bits per heavy atom. The number of hydrogen-bond donors (Lipinski definition) is 2. The maximum absolute atomic E-state index is 12.0. The number of phenols is 1. The summed E-state index contributed by atoms with van der Waals surface area (Å²) >= 11 is 3.10. The first-order valence-corrected chi connectivity index (χ1v) is 5.87. The Morgan fingerprint density at radius 1 is 1.28 bits per heavy atom. The van der Waals surface area contributed by atoms with Gasteiger partial charge in [-0.3, -0.25) is 19.7 Å². The maximum Gasteiger partial charge on any atom is 0.254 e. The highest BCUT2D eigenvalue weighted by Crippen LogP contribution is 2.24. The summed E-state index contributed by atoms with van der Waals surface area (Å²) in [4.78, 5) is 35.5. The molecule has 1 saturated heterocycles. The largest absolute Gasteiger partial charge is 0.507 e. The average Bonchev–Trinajstić information content (AvgIpc) is 2.30. The molecule has 0 atom stereocenters. The summed E-state index contributed by atoms with van der Waals surface area (Å²) in [6.07, 6.45) is 0. The third-order valence-corrected chi connectivity index (χ3v) is 3.10. The Hall–Kier alpha value is -1.89. The second-order valence-corrected chi connectivity index (χ2v) is 4.65. The number of carbonyl (C=O) groups excluding carboxylic acids is 3. The molecule has 18 heavy (non-hydrogen) atoms. The number of amides is 3. The van der Waals surface area contributed by atoms with Crippen LogP contribution in [0, 0.1) is 0 Å². The minimum atomic E-state index is -0.513. The van der Waals surface area contributed by atoms with Gasteiger partial charge in [0.05, 0.1) is 4.47 Å². The quantitative estimate of drug-likeness (QED) is 0.728. The predicted molar refractivity (Wildman–Crippen MR) is 64.9 cm³/mol. The molecular formula is C11H9BrN2O4. The highest BCUT2D eigenvalue weighted by atomic mass is 79.9. The molecule has 1 fully saturated rings. The van der Waals surface area contributed by atoms with Crippen LogP contribution in [0.25, 0.3) is 0 Å². The van der Waals surface area contributed by atoms with E-state index in [0.717, 1.165) is 4.90 Å². The molecule has 0 saturated carbocycles. The Bertz CT molecular complexity index is 528. The van der Waals surface area contributed by atoms with Gasteiger partial charge >= 0.3 is 0 Å². The summed E-state index contributed by atoms with van der Waals surface area (Å²) in [7, 11) is 0. The van der Waals surface area contributed by atoms with Crippen LogP contribution in [0.4, 0.5) is 0 Å². The van der Waals surface area contributed by atoms with Crippen LogP contribution in [-0.2, 0) is 9.59 Å². The van der Waals surface area contributed by atoms with Crippen molar-refractivity contribution in [1.82, 2.24) is 10.2 Å². The normalized spacial score (nSPS) is 15.5. The number of phenolic OH excluding ortho intramolecular Hbond substituents is 1. The summed E-state index contributed by atoms with van der Waals surface area (Å²) in [5.74, 6) is -1.57. The number of imide groups is 1. The van der Waals surface area contributed by atoms with E-state index < -0.39 is 17.7 Å². The number of nitrogens with one attached hydrogen (secondary N) is 1. The number of carbonyl (C=O) groups is 3. The molecule has 1 heterocycles. The molecule has 94 valence electrons. The number of hydrogen-bond acceptors (Lipinski definition) is 4. The Morgan fingerprint density at radius 3 is 2.44 bits per heavy atom. The van der Waals surface area contributed by atoms with E-state index in [1.54, 1.807) is 0 Å². The minimum absolute atomic E-state index is 0.0753. The van der Waals surface area contributed by atoms with Gasteiger partial charge in [0, 0.05) is 5.56 Å². The smallest absolute Gasteiger partial charge is 0.254 e. The van der Waals surface area contributed by atoms with Crippen LogP contribution in [-0.4, -0.2) is 40.8 Å². The molecule has 0 unspecified atom stereocenters. The topological polar surface area (TPSA) is 86.7 Å². The van der Waals surface area contributed by atoms with Crippen molar-refractivity contribution in [2.45, 2.75) is 0 Å². The number of nitrogens with zero attached hydrogens (tertiary/aromatic N) is 1. The second kappa shape index (κ2) is 4.77. The summed E-state index contributed by atoms with van der Waals surface area (Å²) < 4.78 is 0.464. The van der Waals surface area contributed by atoms with E-state index in [9.17, 15) is 19.5 Å². The fraction of sp³-hybridized carbons (Fsp3) is 0.182. The summed E-state index contributed by atoms with van der Waals surface area (Å²) in [6.45, 7) is -0.331. The van der Waals surface area contributed by atoms with E-state index in [0.29, 0.717) is 4.47 Å². The van der Waals surface area contributed by atoms with Crippen LogP contribution in [0.3, 0.4) is 0 Å². The lowest BCUT2D eigenvalue weighted by Gasteiger charge is -2.25. The first kappa shape index (κ1) is 12.6. The Labute approximate surface area is 111 Å². The van der Waals surface area contributed by atoms with Gasteiger partial charge in [-0.1, -0.05) is 0 Å². The van der Waals surface area contributed by atoms with E-state index in [1.807, 2.05) is 0 Å². The molecular weight excluding hydrogens is 304 g/mol. The van der Waals surface area contributed by atoms with Gasteiger partial charge in [-0.05, 0) is 34.1 Å². The minimum Gasteiger partial charge on any atom is -0.507 e. The number of piperazine rings is 1. The van der Waals surface area contributed by atoms with Crippen molar-refractivity contribution in [1.29, 1.82) is 0 Å². The molecule has 7 heteroatoms. The molecule has 0 aliphatic carbocycles. The van der Waals surface area contributed by atoms with Crippen LogP contribution < -0.4 is 5.32 Å². The van der Waals surface area contributed by atoms with Crippen molar-refractivity contribution in [2.24, 2.45) is 0 Å². The van der Waals surface area contributed by atoms with Gasteiger partial charge in [0.1, 0.15) is 18.8 Å². The van der Waals surface area contributed by atoms with Crippen LogP contribution in [0.15, 0.2) is 22.7 Å². The molecule has 0 aromatic heterocycles.